The first-order valence-corrected chi connectivity index (χ1v) is 4.43. The van der Waals surface area contributed by atoms with Crippen molar-refractivity contribution in [3.8, 4) is 0 Å². The lowest BCUT2D eigenvalue weighted by Crippen LogP contribution is -1.98. The number of hydrogen-bond donors (Lipinski definition) is 2. The largest absolute Gasteiger partial charge is 0.399 e. The number of hydrogen-bond acceptors (Lipinski definition) is 2. The zero-order chi connectivity index (χ0) is 8.97. The molecule has 0 radical (unpaired) electrons. The van der Waals surface area contributed by atoms with Gasteiger partial charge in [-0.15, -0.1) is 6.58 Å². The van der Waals surface area contributed by atoms with Gasteiger partial charge in [-0.05, 0) is 34.1 Å². The van der Waals surface area contributed by atoms with Crippen LogP contribution in [0.5, 0.6) is 0 Å². The van der Waals surface area contributed by atoms with Crippen molar-refractivity contribution in [3.05, 3.63) is 35.3 Å². The minimum absolute atomic E-state index is 0.752. The summed E-state index contributed by atoms with van der Waals surface area (Å²) in [4.78, 5) is 0. The van der Waals surface area contributed by atoms with E-state index in [4.69, 9.17) is 5.73 Å². The minimum Gasteiger partial charge on any atom is -0.399 e. The molecule has 0 fully saturated rings. The Morgan fingerprint density at radius 2 is 2.33 bits per heavy atom. The third-order valence-corrected chi connectivity index (χ3v) is 2.09. The summed E-state index contributed by atoms with van der Waals surface area (Å²) in [6.07, 6.45) is 1.81. The Labute approximate surface area is 80.6 Å². The van der Waals surface area contributed by atoms with Crippen molar-refractivity contribution in [1.29, 1.82) is 0 Å². The topological polar surface area (TPSA) is 38.0 Å². The number of halogens is 1. The molecular formula is C9H11BrN2. The van der Waals surface area contributed by atoms with Crippen LogP contribution in [0.2, 0.25) is 0 Å². The molecule has 0 saturated heterocycles. The van der Waals surface area contributed by atoms with Gasteiger partial charge in [-0.25, -0.2) is 0 Å². The SMILES string of the molecule is C=CCNc1ccc(N)cc1Br. The fourth-order valence-electron chi connectivity index (χ4n) is 0.857. The lowest BCUT2D eigenvalue weighted by Gasteiger charge is -2.06. The Morgan fingerprint density at radius 3 is 2.92 bits per heavy atom. The number of anilines is 2. The molecule has 0 heterocycles. The lowest BCUT2D eigenvalue weighted by atomic mass is 10.3. The summed E-state index contributed by atoms with van der Waals surface area (Å²) >= 11 is 3.40. The summed E-state index contributed by atoms with van der Waals surface area (Å²) in [6.45, 7) is 4.37. The molecule has 0 aromatic heterocycles. The van der Waals surface area contributed by atoms with Crippen LogP contribution in [0.1, 0.15) is 0 Å². The van der Waals surface area contributed by atoms with E-state index in [2.05, 4.69) is 27.8 Å². The summed E-state index contributed by atoms with van der Waals surface area (Å²) in [6, 6.07) is 5.66. The van der Waals surface area contributed by atoms with Crippen LogP contribution in [0.25, 0.3) is 0 Å². The summed E-state index contributed by atoms with van der Waals surface area (Å²) < 4.78 is 0.976. The molecule has 0 bridgehead atoms. The predicted octanol–water partition coefficient (Wildman–Crippen LogP) is 2.63. The second-order valence-electron chi connectivity index (χ2n) is 2.41. The van der Waals surface area contributed by atoms with Crippen LogP contribution >= 0.6 is 15.9 Å². The zero-order valence-corrected chi connectivity index (χ0v) is 8.26. The maximum atomic E-state index is 5.58. The van der Waals surface area contributed by atoms with Gasteiger partial charge in [0.1, 0.15) is 0 Å². The molecule has 0 unspecified atom stereocenters. The first-order chi connectivity index (χ1) is 5.74. The maximum absolute atomic E-state index is 5.58. The van der Waals surface area contributed by atoms with Crippen molar-refractivity contribution in [2.24, 2.45) is 0 Å². The third kappa shape index (κ3) is 2.27. The Morgan fingerprint density at radius 1 is 1.58 bits per heavy atom. The lowest BCUT2D eigenvalue weighted by molar-refractivity contribution is 1.33. The first kappa shape index (κ1) is 9.13. The van der Waals surface area contributed by atoms with E-state index in [0.29, 0.717) is 0 Å². The molecule has 0 amide bonds. The Hall–Kier alpha value is -0.960. The van der Waals surface area contributed by atoms with Gasteiger partial charge >= 0.3 is 0 Å². The highest BCUT2D eigenvalue weighted by Crippen LogP contribution is 2.24. The van der Waals surface area contributed by atoms with Crippen LogP contribution in [0, 0.1) is 0 Å². The van der Waals surface area contributed by atoms with E-state index >= 15 is 0 Å². The molecule has 1 aromatic rings. The number of nitrogens with one attached hydrogen (secondary N) is 1. The highest BCUT2D eigenvalue weighted by atomic mass is 79.9. The van der Waals surface area contributed by atoms with E-state index in [1.54, 1.807) is 0 Å². The fraction of sp³-hybridized carbons (Fsp3) is 0.111. The molecule has 1 rings (SSSR count). The molecule has 0 atom stereocenters. The minimum atomic E-state index is 0.752. The van der Waals surface area contributed by atoms with Crippen molar-refractivity contribution in [1.82, 2.24) is 0 Å². The summed E-state index contributed by atoms with van der Waals surface area (Å²) in [7, 11) is 0. The average molecular weight is 227 g/mol. The molecule has 2 nitrogen and oxygen atoms in total. The molecule has 0 spiro atoms. The van der Waals surface area contributed by atoms with Gasteiger partial charge in [-0.3, -0.25) is 0 Å². The van der Waals surface area contributed by atoms with Crippen LogP contribution in [0.15, 0.2) is 35.3 Å². The van der Waals surface area contributed by atoms with Gasteiger partial charge in [0.05, 0.1) is 0 Å². The van der Waals surface area contributed by atoms with Crippen LogP contribution in [-0.2, 0) is 0 Å². The molecule has 3 N–H and O–H groups in total. The van der Waals surface area contributed by atoms with Crippen LogP contribution in [-0.4, -0.2) is 6.54 Å². The molecule has 3 heteroatoms. The van der Waals surface area contributed by atoms with Gasteiger partial charge in [-0.2, -0.15) is 0 Å². The van der Waals surface area contributed by atoms with Crippen LogP contribution in [0.3, 0.4) is 0 Å². The smallest absolute Gasteiger partial charge is 0.0488 e. The first-order valence-electron chi connectivity index (χ1n) is 3.64. The van der Waals surface area contributed by atoms with Crippen LogP contribution in [0.4, 0.5) is 11.4 Å². The zero-order valence-electron chi connectivity index (χ0n) is 6.68. The molecule has 0 aliphatic rings. The number of nitrogens with two attached hydrogens (primary N) is 1. The molecule has 64 valence electrons. The van der Waals surface area contributed by atoms with E-state index in [1.165, 1.54) is 0 Å². The van der Waals surface area contributed by atoms with Gasteiger partial charge in [0, 0.05) is 22.4 Å². The van der Waals surface area contributed by atoms with Gasteiger partial charge in [0.2, 0.25) is 0 Å². The molecular weight excluding hydrogens is 216 g/mol. The number of benzene rings is 1. The maximum Gasteiger partial charge on any atom is 0.0488 e. The van der Waals surface area contributed by atoms with E-state index in [-0.39, 0.29) is 0 Å². The van der Waals surface area contributed by atoms with E-state index in [1.807, 2.05) is 24.3 Å². The van der Waals surface area contributed by atoms with Crippen molar-refractivity contribution < 1.29 is 0 Å². The van der Waals surface area contributed by atoms with Gasteiger partial charge in [-0.1, -0.05) is 6.08 Å². The van der Waals surface area contributed by atoms with E-state index in [0.717, 1.165) is 22.4 Å². The fourth-order valence-corrected chi connectivity index (χ4v) is 1.39. The quantitative estimate of drug-likeness (QED) is 0.615. The molecule has 0 saturated carbocycles. The monoisotopic (exact) mass is 226 g/mol. The van der Waals surface area contributed by atoms with E-state index < -0.39 is 0 Å². The standard InChI is InChI=1S/C9H11BrN2/c1-2-5-12-9-4-3-7(11)6-8(9)10/h2-4,6,12H,1,5,11H2. The predicted molar refractivity (Wildman–Crippen MR) is 57.2 cm³/mol. The van der Waals surface area contributed by atoms with Crippen LogP contribution < -0.4 is 11.1 Å². The Balaban J connectivity index is 2.78. The van der Waals surface area contributed by atoms with Gasteiger partial charge in [0.15, 0.2) is 0 Å². The highest BCUT2D eigenvalue weighted by Gasteiger charge is 1.96. The molecule has 0 aliphatic carbocycles. The summed E-state index contributed by atoms with van der Waals surface area (Å²) in [5.74, 6) is 0. The number of rotatable bonds is 3. The molecule has 0 aliphatic heterocycles. The Bertz CT molecular complexity index is 284. The van der Waals surface area contributed by atoms with Crippen molar-refractivity contribution in [3.63, 3.8) is 0 Å². The van der Waals surface area contributed by atoms with E-state index in [9.17, 15) is 0 Å². The normalized spacial score (nSPS) is 9.42. The van der Waals surface area contributed by atoms with Crippen molar-refractivity contribution >= 4 is 27.3 Å². The number of nitrogen functional groups attached to an aromatic ring is 1. The Kier molecular flexibility index (Phi) is 3.17. The summed E-state index contributed by atoms with van der Waals surface area (Å²) in [5.41, 5.74) is 7.37. The van der Waals surface area contributed by atoms with Gasteiger partial charge < -0.3 is 11.1 Å². The third-order valence-electron chi connectivity index (χ3n) is 1.43. The summed E-state index contributed by atoms with van der Waals surface area (Å²) in [5, 5.41) is 3.17. The van der Waals surface area contributed by atoms with Crippen molar-refractivity contribution in [2.75, 3.05) is 17.6 Å². The molecule has 1 aromatic carbocycles. The van der Waals surface area contributed by atoms with Gasteiger partial charge in [0.25, 0.3) is 0 Å². The second-order valence-corrected chi connectivity index (χ2v) is 3.26. The van der Waals surface area contributed by atoms with Crippen molar-refractivity contribution in [2.45, 2.75) is 0 Å². The second kappa shape index (κ2) is 4.16. The molecule has 12 heavy (non-hydrogen) atoms. The average Bonchev–Trinajstić information content (AvgIpc) is 2.03. The highest BCUT2D eigenvalue weighted by molar-refractivity contribution is 9.10.